The minimum atomic E-state index is -0.521. The molecule has 2 aliphatic heterocycles. The van der Waals surface area contributed by atoms with Crippen LogP contribution in [0.4, 0.5) is 0 Å². The number of alkyl halides is 6. The van der Waals surface area contributed by atoms with Crippen LogP contribution in [0.5, 0.6) is 0 Å². The van der Waals surface area contributed by atoms with E-state index in [4.69, 9.17) is 69.6 Å². The van der Waals surface area contributed by atoms with Crippen LogP contribution in [0.25, 0.3) is 0 Å². The molecule has 2 heterocycles. The van der Waals surface area contributed by atoms with Crippen LogP contribution >= 0.6 is 69.6 Å². The van der Waals surface area contributed by atoms with Crippen LogP contribution in [-0.4, -0.2) is 72.4 Å². The predicted octanol–water partition coefficient (Wildman–Crippen LogP) is 2.44. The van der Waals surface area contributed by atoms with Gasteiger partial charge in [-0.3, -0.25) is 29.0 Å². The topological polar surface area (TPSA) is 74.8 Å². The summed E-state index contributed by atoms with van der Waals surface area (Å²) < 4.78 is 0. The molecule has 1 saturated carbocycles. The summed E-state index contributed by atoms with van der Waals surface area (Å²) in [4.78, 5) is 46.2. The van der Waals surface area contributed by atoms with Crippen molar-refractivity contribution in [3.8, 4) is 0 Å². The van der Waals surface area contributed by atoms with Gasteiger partial charge in [-0.05, 0) is 0 Å². The van der Waals surface area contributed by atoms with Crippen LogP contribution in [0.15, 0.2) is 24.3 Å². The van der Waals surface area contributed by atoms with E-state index in [9.17, 15) is 19.2 Å². The van der Waals surface area contributed by atoms with Crippen molar-refractivity contribution in [1.82, 2.24) is 9.80 Å². The van der Waals surface area contributed by atoms with E-state index in [0.717, 1.165) is 34.1 Å². The molecule has 12 heteroatoms. The highest BCUT2D eigenvalue weighted by Crippen LogP contribution is 2.39. The van der Waals surface area contributed by atoms with E-state index in [1.165, 1.54) is 0 Å². The second kappa shape index (κ2) is 9.33. The van der Waals surface area contributed by atoms with Gasteiger partial charge in [0, 0.05) is 24.3 Å². The van der Waals surface area contributed by atoms with Crippen LogP contribution in [0.1, 0.15) is 0 Å². The molecule has 0 aromatic heterocycles. The minimum absolute atomic E-state index is 0.324. The third-order valence-corrected chi connectivity index (χ3v) is 7.94. The standard InChI is InChI=1S/C9H6N2O4.C6H6Cl6/c12-6-1-2-7(13)10(6)5-11-8(14)3-4-9(11)15;7-1-2(8)4(10)6(12)5(11)3(1)9/h1-4H,5H2;1-6H. The van der Waals surface area contributed by atoms with Gasteiger partial charge in [0.1, 0.15) is 6.67 Å². The summed E-state index contributed by atoms with van der Waals surface area (Å²) in [5.74, 6) is -2.08. The first-order valence-electron chi connectivity index (χ1n) is 7.47. The molecule has 0 spiro atoms. The Hall–Kier alpha value is -0.500. The number of hydrogen-bond acceptors (Lipinski definition) is 4. The number of rotatable bonds is 2. The van der Waals surface area contributed by atoms with Crippen molar-refractivity contribution in [2.75, 3.05) is 6.67 Å². The van der Waals surface area contributed by atoms with E-state index in [0.29, 0.717) is 0 Å². The van der Waals surface area contributed by atoms with Crippen molar-refractivity contribution in [3.63, 3.8) is 0 Å². The van der Waals surface area contributed by atoms with Gasteiger partial charge < -0.3 is 0 Å². The zero-order chi connectivity index (χ0) is 20.5. The molecule has 4 amide bonds. The molecule has 0 N–H and O–H groups in total. The summed E-state index contributed by atoms with van der Waals surface area (Å²) in [6, 6.07) is 0. The molecule has 1 fully saturated rings. The van der Waals surface area contributed by atoms with Gasteiger partial charge in [0.2, 0.25) is 0 Å². The second-order valence-corrected chi connectivity index (χ2v) is 8.71. The fraction of sp³-hybridized carbons (Fsp3) is 0.467. The number of halogens is 6. The Balaban J connectivity index is 0.000000199. The number of carbonyl (C=O) groups excluding carboxylic acids is 4. The molecule has 0 atom stereocenters. The van der Waals surface area contributed by atoms with Gasteiger partial charge in [-0.1, -0.05) is 0 Å². The number of imide groups is 2. The quantitative estimate of drug-likeness (QED) is 0.435. The molecule has 0 aromatic carbocycles. The Morgan fingerprint density at radius 1 is 0.519 bits per heavy atom. The van der Waals surface area contributed by atoms with Gasteiger partial charge in [0.05, 0.1) is 32.3 Å². The summed E-state index contributed by atoms with van der Waals surface area (Å²) in [6.07, 6.45) is 4.39. The largest absolute Gasteiger partial charge is 0.269 e. The molecule has 148 valence electrons. The molecule has 0 saturated heterocycles. The van der Waals surface area contributed by atoms with Crippen LogP contribution in [-0.2, 0) is 19.2 Å². The van der Waals surface area contributed by atoms with E-state index in [1.807, 2.05) is 0 Å². The SMILES string of the molecule is ClC1C(Cl)C(Cl)C(Cl)C(Cl)C1Cl.O=C1C=CC(=O)N1CN1C(=O)C=CC1=O. The molecular weight excluding hydrogens is 485 g/mol. The highest BCUT2D eigenvalue weighted by molar-refractivity contribution is 6.45. The Kier molecular flexibility index (Phi) is 7.88. The molecule has 3 aliphatic rings. The number of nitrogens with zero attached hydrogens (tertiary/aromatic N) is 2. The molecule has 0 unspecified atom stereocenters. The highest BCUT2D eigenvalue weighted by Gasteiger charge is 2.46. The molecule has 0 aromatic rings. The zero-order valence-corrected chi connectivity index (χ0v) is 17.8. The molecular formula is C15H12Cl6N2O4. The Morgan fingerprint density at radius 3 is 0.889 bits per heavy atom. The molecule has 27 heavy (non-hydrogen) atoms. The van der Waals surface area contributed by atoms with Crippen molar-refractivity contribution in [2.24, 2.45) is 0 Å². The summed E-state index contributed by atoms with van der Waals surface area (Å²) in [6.45, 7) is -0.324. The van der Waals surface area contributed by atoms with Crippen molar-refractivity contribution >= 4 is 93.2 Å². The maximum Gasteiger partial charge on any atom is 0.255 e. The molecule has 1 aliphatic carbocycles. The van der Waals surface area contributed by atoms with Gasteiger partial charge in [-0.2, -0.15) is 0 Å². The Labute approximate surface area is 184 Å². The molecule has 3 rings (SSSR count). The normalized spacial score (nSPS) is 35.8. The van der Waals surface area contributed by atoms with Crippen LogP contribution in [0.3, 0.4) is 0 Å². The van der Waals surface area contributed by atoms with E-state index in [2.05, 4.69) is 0 Å². The van der Waals surface area contributed by atoms with E-state index < -0.39 is 55.9 Å². The maximum absolute atomic E-state index is 11.1. The highest BCUT2D eigenvalue weighted by atomic mass is 35.5. The number of hydrogen-bond donors (Lipinski definition) is 0. The predicted molar refractivity (Wildman–Crippen MR) is 105 cm³/mol. The number of carbonyl (C=O) groups is 4. The Morgan fingerprint density at radius 2 is 0.704 bits per heavy atom. The molecule has 6 nitrogen and oxygen atoms in total. The summed E-state index contributed by atoms with van der Waals surface area (Å²) in [5, 5.41) is -2.62. The van der Waals surface area contributed by atoms with Crippen molar-refractivity contribution in [2.45, 2.75) is 32.3 Å². The van der Waals surface area contributed by atoms with Gasteiger partial charge in [0.25, 0.3) is 23.6 Å². The first-order chi connectivity index (χ1) is 12.6. The summed E-state index contributed by atoms with van der Waals surface area (Å²) in [7, 11) is 0. The first-order valence-corrected chi connectivity index (χ1v) is 10.1. The monoisotopic (exact) mass is 494 g/mol. The summed E-state index contributed by atoms with van der Waals surface area (Å²) >= 11 is 35.3. The maximum atomic E-state index is 11.1. The second-order valence-electron chi connectivity index (χ2n) is 5.68. The van der Waals surface area contributed by atoms with Crippen LogP contribution < -0.4 is 0 Å². The lowest BCUT2D eigenvalue weighted by Gasteiger charge is -2.37. The average Bonchev–Trinajstić information content (AvgIpc) is 3.14. The third-order valence-electron chi connectivity index (χ3n) is 3.91. The smallest absolute Gasteiger partial charge is 0.255 e. The third kappa shape index (κ3) is 4.92. The minimum Gasteiger partial charge on any atom is -0.269 e. The summed E-state index contributed by atoms with van der Waals surface area (Å²) in [5.41, 5.74) is 0. The van der Waals surface area contributed by atoms with Gasteiger partial charge in [0.15, 0.2) is 0 Å². The zero-order valence-electron chi connectivity index (χ0n) is 13.3. The van der Waals surface area contributed by atoms with Crippen molar-refractivity contribution in [3.05, 3.63) is 24.3 Å². The van der Waals surface area contributed by atoms with E-state index in [1.54, 1.807) is 0 Å². The van der Waals surface area contributed by atoms with E-state index in [-0.39, 0.29) is 6.67 Å². The number of amides is 4. The fourth-order valence-electron chi connectivity index (χ4n) is 2.34. The average molecular weight is 497 g/mol. The van der Waals surface area contributed by atoms with Gasteiger partial charge >= 0.3 is 0 Å². The lowest BCUT2D eigenvalue weighted by Crippen LogP contribution is -2.52. The first kappa shape index (κ1) is 22.8. The van der Waals surface area contributed by atoms with Crippen molar-refractivity contribution in [1.29, 1.82) is 0 Å². The lowest BCUT2D eigenvalue weighted by atomic mass is 9.97. The lowest BCUT2D eigenvalue weighted by molar-refractivity contribution is -0.145. The van der Waals surface area contributed by atoms with Gasteiger partial charge in [-0.25, -0.2) is 0 Å². The molecule has 0 bridgehead atoms. The van der Waals surface area contributed by atoms with Crippen LogP contribution in [0.2, 0.25) is 0 Å². The van der Waals surface area contributed by atoms with Crippen molar-refractivity contribution < 1.29 is 19.2 Å². The molecule has 0 radical (unpaired) electrons. The van der Waals surface area contributed by atoms with Gasteiger partial charge in [-0.15, -0.1) is 69.6 Å². The fourth-order valence-corrected chi connectivity index (χ4v) is 4.66. The van der Waals surface area contributed by atoms with Crippen LogP contribution in [0, 0.1) is 0 Å². The Bertz CT molecular complexity index is 580. The van der Waals surface area contributed by atoms with E-state index >= 15 is 0 Å².